The highest BCUT2D eigenvalue weighted by molar-refractivity contribution is 5.94. The zero-order valence-corrected chi connectivity index (χ0v) is 14.7. The molecule has 1 aliphatic rings. The van der Waals surface area contributed by atoms with Crippen LogP contribution in [0.1, 0.15) is 28.1 Å². The number of aryl methyl sites for hydroxylation is 1. The molecule has 8 heteroatoms. The Bertz CT molecular complexity index is 719. The smallest absolute Gasteiger partial charge is 0.287 e. The van der Waals surface area contributed by atoms with Gasteiger partial charge in [0.05, 0.1) is 32.1 Å². The molecule has 3 heterocycles. The summed E-state index contributed by atoms with van der Waals surface area (Å²) in [5.74, 6) is 1.12. The number of ether oxygens (including phenoxy) is 1. The maximum Gasteiger partial charge on any atom is 0.287 e. The van der Waals surface area contributed by atoms with Crippen molar-refractivity contribution in [2.75, 3.05) is 39.4 Å². The van der Waals surface area contributed by atoms with Crippen LogP contribution in [0.3, 0.4) is 0 Å². The number of furan rings is 2. The maximum absolute atomic E-state index is 12.1. The van der Waals surface area contributed by atoms with Crippen LogP contribution in [0.25, 0.3) is 0 Å². The van der Waals surface area contributed by atoms with Crippen molar-refractivity contribution in [2.45, 2.75) is 13.0 Å². The largest absolute Gasteiger partial charge is 0.465 e. The number of carbonyl (C=O) groups is 2. The van der Waals surface area contributed by atoms with Crippen molar-refractivity contribution in [3.8, 4) is 0 Å². The molecule has 2 N–H and O–H groups in total. The minimum Gasteiger partial charge on any atom is -0.465 e. The van der Waals surface area contributed by atoms with Crippen molar-refractivity contribution < 1.29 is 23.2 Å². The van der Waals surface area contributed by atoms with E-state index in [4.69, 9.17) is 13.6 Å². The van der Waals surface area contributed by atoms with Crippen LogP contribution in [-0.4, -0.2) is 56.1 Å². The quantitative estimate of drug-likeness (QED) is 0.767. The molecular formula is C18H23N3O5. The number of hydrogen-bond acceptors (Lipinski definition) is 6. The molecule has 26 heavy (non-hydrogen) atoms. The van der Waals surface area contributed by atoms with E-state index in [1.54, 1.807) is 12.1 Å². The molecule has 3 rings (SSSR count). The Morgan fingerprint density at radius 3 is 2.65 bits per heavy atom. The number of nitrogens with zero attached hydrogens (tertiary/aromatic N) is 1. The third kappa shape index (κ3) is 4.74. The molecule has 2 amide bonds. The Labute approximate surface area is 151 Å². The van der Waals surface area contributed by atoms with Crippen molar-refractivity contribution in [3.05, 3.63) is 47.8 Å². The van der Waals surface area contributed by atoms with Gasteiger partial charge in [-0.1, -0.05) is 0 Å². The first-order chi connectivity index (χ1) is 12.6. The van der Waals surface area contributed by atoms with E-state index >= 15 is 0 Å². The lowest BCUT2D eigenvalue weighted by molar-refractivity contribution is -0.120. The van der Waals surface area contributed by atoms with Crippen LogP contribution in [0.2, 0.25) is 0 Å². The molecule has 1 aliphatic heterocycles. The first-order valence-corrected chi connectivity index (χ1v) is 8.60. The second kappa shape index (κ2) is 8.68. The van der Waals surface area contributed by atoms with Crippen molar-refractivity contribution in [1.82, 2.24) is 15.5 Å². The molecule has 2 aromatic rings. The fraction of sp³-hybridized carbons (Fsp3) is 0.444. The van der Waals surface area contributed by atoms with Crippen molar-refractivity contribution in [1.29, 1.82) is 0 Å². The van der Waals surface area contributed by atoms with Gasteiger partial charge in [-0.15, -0.1) is 0 Å². The highest BCUT2D eigenvalue weighted by Gasteiger charge is 2.25. The summed E-state index contributed by atoms with van der Waals surface area (Å²) in [7, 11) is 0. The molecule has 0 aliphatic carbocycles. The summed E-state index contributed by atoms with van der Waals surface area (Å²) in [6.07, 6.45) is 1.41. The summed E-state index contributed by atoms with van der Waals surface area (Å²) in [5, 5.41) is 5.39. The van der Waals surface area contributed by atoms with E-state index in [-0.39, 0.29) is 24.3 Å². The molecule has 0 bridgehead atoms. The Kier molecular flexibility index (Phi) is 6.08. The van der Waals surface area contributed by atoms with Gasteiger partial charge < -0.3 is 24.2 Å². The zero-order valence-electron chi connectivity index (χ0n) is 14.7. The van der Waals surface area contributed by atoms with Crippen LogP contribution in [-0.2, 0) is 9.53 Å². The van der Waals surface area contributed by atoms with E-state index in [2.05, 4.69) is 15.5 Å². The molecule has 0 saturated carbocycles. The summed E-state index contributed by atoms with van der Waals surface area (Å²) < 4.78 is 16.2. The van der Waals surface area contributed by atoms with Crippen LogP contribution >= 0.6 is 0 Å². The Morgan fingerprint density at radius 1 is 1.19 bits per heavy atom. The number of carbonyl (C=O) groups excluding carboxylic acids is 2. The normalized spacial score (nSPS) is 16.2. The monoisotopic (exact) mass is 361 g/mol. The predicted molar refractivity (Wildman–Crippen MR) is 92.6 cm³/mol. The molecule has 0 spiro atoms. The molecular weight excluding hydrogens is 338 g/mol. The number of nitrogens with one attached hydrogen (secondary N) is 2. The summed E-state index contributed by atoms with van der Waals surface area (Å²) in [5.41, 5.74) is 0. The van der Waals surface area contributed by atoms with Gasteiger partial charge in [-0.3, -0.25) is 14.5 Å². The summed E-state index contributed by atoms with van der Waals surface area (Å²) in [6, 6.07) is 6.93. The lowest BCUT2D eigenvalue weighted by atomic mass is 10.1. The fourth-order valence-electron chi connectivity index (χ4n) is 2.86. The van der Waals surface area contributed by atoms with E-state index in [9.17, 15) is 9.59 Å². The molecule has 0 radical (unpaired) electrons. The third-order valence-corrected chi connectivity index (χ3v) is 4.22. The number of morpholine rings is 1. The molecule has 1 atom stereocenters. The van der Waals surface area contributed by atoms with Gasteiger partial charge in [-0.05, 0) is 31.2 Å². The van der Waals surface area contributed by atoms with Crippen LogP contribution in [0.4, 0.5) is 0 Å². The highest BCUT2D eigenvalue weighted by Crippen LogP contribution is 2.23. The molecule has 2 aromatic heterocycles. The van der Waals surface area contributed by atoms with Crippen LogP contribution in [0.15, 0.2) is 39.4 Å². The lowest BCUT2D eigenvalue weighted by Crippen LogP contribution is -2.45. The third-order valence-electron chi connectivity index (χ3n) is 4.22. The van der Waals surface area contributed by atoms with Gasteiger partial charge in [0.1, 0.15) is 11.5 Å². The van der Waals surface area contributed by atoms with Crippen molar-refractivity contribution in [3.63, 3.8) is 0 Å². The van der Waals surface area contributed by atoms with E-state index in [1.165, 1.54) is 6.26 Å². The Hall–Kier alpha value is -2.58. The Morgan fingerprint density at radius 2 is 2.00 bits per heavy atom. The van der Waals surface area contributed by atoms with Gasteiger partial charge in [-0.2, -0.15) is 0 Å². The maximum atomic E-state index is 12.1. The van der Waals surface area contributed by atoms with Gasteiger partial charge in [-0.25, -0.2) is 0 Å². The van der Waals surface area contributed by atoms with Gasteiger partial charge >= 0.3 is 0 Å². The van der Waals surface area contributed by atoms with E-state index in [1.807, 2.05) is 19.1 Å². The summed E-state index contributed by atoms with van der Waals surface area (Å²) in [6.45, 7) is 5.02. The number of hydrogen-bond donors (Lipinski definition) is 2. The minimum absolute atomic E-state index is 0.0719. The molecule has 1 saturated heterocycles. The van der Waals surface area contributed by atoms with Crippen molar-refractivity contribution >= 4 is 11.8 Å². The van der Waals surface area contributed by atoms with Crippen LogP contribution in [0.5, 0.6) is 0 Å². The van der Waals surface area contributed by atoms with Crippen LogP contribution < -0.4 is 10.6 Å². The predicted octanol–water partition coefficient (Wildman–Crippen LogP) is 1.10. The fourth-order valence-corrected chi connectivity index (χ4v) is 2.86. The van der Waals surface area contributed by atoms with Gasteiger partial charge in [0.2, 0.25) is 5.91 Å². The number of amides is 2. The molecule has 8 nitrogen and oxygen atoms in total. The van der Waals surface area contributed by atoms with Crippen molar-refractivity contribution in [2.24, 2.45) is 0 Å². The van der Waals surface area contributed by atoms with Gasteiger partial charge in [0.15, 0.2) is 5.76 Å². The van der Waals surface area contributed by atoms with E-state index in [0.717, 1.165) is 24.6 Å². The van der Waals surface area contributed by atoms with E-state index in [0.29, 0.717) is 19.8 Å². The highest BCUT2D eigenvalue weighted by atomic mass is 16.5. The lowest BCUT2D eigenvalue weighted by Gasteiger charge is -2.33. The number of rotatable bonds is 7. The first kappa shape index (κ1) is 18.2. The van der Waals surface area contributed by atoms with E-state index < -0.39 is 5.91 Å². The second-order valence-electron chi connectivity index (χ2n) is 6.08. The SMILES string of the molecule is Cc1ccc(C(CNC(=O)CNC(=O)c2ccco2)N2CCOCC2)o1. The average Bonchev–Trinajstić information content (AvgIpc) is 3.33. The first-order valence-electron chi connectivity index (χ1n) is 8.60. The van der Waals surface area contributed by atoms with Crippen LogP contribution in [0, 0.1) is 6.92 Å². The van der Waals surface area contributed by atoms with Gasteiger partial charge in [0.25, 0.3) is 5.91 Å². The average molecular weight is 361 g/mol. The second-order valence-corrected chi connectivity index (χ2v) is 6.08. The molecule has 140 valence electrons. The van der Waals surface area contributed by atoms with Gasteiger partial charge in [0, 0.05) is 19.6 Å². The zero-order chi connectivity index (χ0) is 18.4. The topological polar surface area (TPSA) is 97.0 Å². The molecule has 1 unspecified atom stereocenters. The molecule has 1 fully saturated rings. The summed E-state index contributed by atoms with van der Waals surface area (Å²) >= 11 is 0. The standard InChI is InChI=1S/C18H23N3O5/c1-13-4-5-15(26-13)14(21-6-9-24-10-7-21)11-19-17(22)12-20-18(23)16-3-2-8-25-16/h2-5,8,14H,6-7,9-12H2,1H3,(H,19,22)(H,20,23). The molecule has 0 aromatic carbocycles. The minimum atomic E-state index is -0.420. The Balaban J connectivity index is 1.53. The summed E-state index contributed by atoms with van der Waals surface area (Å²) in [4.78, 5) is 26.1.